The summed E-state index contributed by atoms with van der Waals surface area (Å²) in [5.74, 6) is 0.260. The molecule has 0 unspecified atom stereocenters. The lowest BCUT2D eigenvalue weighted by molar-refractivity contribution is 0.318. The number of hydrazone groups is 1. The molecule has 0 atom stereocenters. The molecule has 1 aromatic carbocycles. The van der Waals surface area contributed by atoms with Crippen LogP contribution in [0.4, 0.5) is 0 Å². The second-order valence-corrected chi connectivity index (χ2v) is 5.08. The van der Waals surface area contributed by atoms with Gasteiger partial charge < -0.3 is 15.2 Å². The predicted octanol–water partition coefficient (Wildman–Crippen LogP) is 3.04. The fraction of sp³-hybridized carbons (Fsp3) is 0.429. The molecule has 0 amide bonds. The maximum Gasteiger partial charge on any atom is 0.186 e. The molecule has 21 heavy (non-hydrogen) atoms. The Morgan fingerprint density at radius 2 is 2.24 bits per heavy atom. The van der Waals surface area contributed by atoms with Gasteiger partial charge in [0.25, 0.3) is 0 Å². The molecular formula is C14H20ClN3O2S. The summed E-state index contributed by atoms with van der Waals surface area (Å²) in [5, 5.41) is 17.5. The first-order valence-corrected chi connectivity index (χ1v) is 7.59. The topological polar surface area (TPSA) is 65.9 Å². The van der Waals surface area contributed by atoms with Gasteiger partial charge in [-0.15, -0.1) is 0 Å². The van der Waals surface area contributed by atoms with Gasteiger partial charge in [0.1, 0.15) is 0 Å². The molecule has 1 rings (SSSR count). The second kappa shape index (κ2) is 9.41. The van der Waals surface area contributed by atoms with Crippen LogP contribution in [0.15, 0.2) is 17.2 Å². The average molecular weight is 330 g/mol. The SMILES string of the molecule is CCCCNC(=S)N/N=C/c1cc(Cl)c(O)c(OCC)c1. The van der Waals surface area contributed by atoms with Crippen molar-refractivity contribution in [3.63, 3.8) is 0 Å². The van der Waals surface area contributed by atoms with Gasteiger partial charge in [-0.25, -0.2) is 0 Å². The zero-order valence-electron chi connectivity index (χ0n) is 12.1. The minimum atomic E-state index is -0.0691. The van der Waals surface area contributed by atoms with E-state index in [9.17, 15) is 5.11 Å². The van der Waals surface area contributed by atoms with E-state index in [0.717, 1.165) is 19.4 Å². The quantitative estimate of drug-likeness (QED) is 0.310. The summed E-state index contributed by atoms with van der Waals surface area (Å²) < 4.78 is 5.30. The van der Waals surface area contributed by atoms with Crippen LogP contribution in [0, 0.1) is 0 Å². The molecule has 116 valence electrons. The van der Waals surface area contributed by atoms with Crippen LogP contribution in [0.1, 0.15) is 32.3 Å². The number of phenols is 1. The number of benzene rings is 1. The lowest BCUT2D eigenvalue weighted by Gasteiger charge is -2.08. The highest BCUT2D eigenvalue weighted by molar-refractivity contribution is 7.80. The summed E-state index contributed by atoms with van der Waals surface area (Å²) in [6.07, 6.45) is 3.71. The van der Waals surface area contributed by atoms with Gasteiger partial charge in [0.15, 0.2) is 16.6 Å². The Morgan fingerprint density at radius 3 is 2.90 bits per heavy atom. The molecule has 3 N–H and O–H groups in total. The van der Waals surface area contributed by atoms with Crippen molar-refractivity contribution in [3.8, 4) is 11.5 Å². The molecule has 1 aromatic rings. The van der Waals surface area contributed by atoms with Crippen molar-refractivity contribution in [1.29, 1.82) is 0 Å². The van der Waals surface area contributed by atoms with E-state index in [4.69, 9.17) is 28.6 Å². The van der Waals surface area contributed by atoms with E-state index in [1.165, 1.54) is 0 Å². The van der Waals surface area contributed by atoms with Crippen LogP contribution < -0.4 is 15.5 Å². The number of thiocarbonyl (C=S) groups is 1. The van der Waals surface area contributed by atoms with Crippen LogP contribution in [-0.2, 0) is 0 Å². The van der Waals surface area contributed by atoms with Crippen molar-refractivity contribution in [2.45, 2.75) is 26.7 Å². The van der Waals surface area contributed by atoms with Crippen molar-refractivity contribution in [3.05, 3.63) is 22.7 Å². The molecule has 0 fully saturated rings. The Kier molecular flexibility index (Phi) is 7.85. The summed E-state index contributed by atoms with van der Waals surface area (Å²) >= 11 is 11.0. The largest absolute Gasteiger partial charge is 0.503 e. The molecular weight excluding hydrogens is 310 g/mol. The van der Waals surface area contributed by atoms with Gasteiger partial charge in [0, 0.05) is 6.54 Å². The van der Waals surface area contributed by atoms with E-state index in [0.29, 0.717) is 23.0 Å². The van der Waals surface area contributed by atoms with Gasteiger partial charge in [0.05, 0.1) is 17.8 Å². The highest BCUT2D eigenvalue weighted by Gasteiger charge is 2.08. The zero-order valence-corrected chi connectivity index (χ0v) is 13.7. The molecule has 0 aromatic heterocycles. The van der Waals surface area contributed by atoms with Crippen LogP contribution in [0.3, 0.4) is 0 Å². The van der Waals surface area contributed by atoms with Crippen LogP contribution in [0.2, 0.25) is 5.02 Å². The van der Waals surface area contributed by atoms with Crippen molar-refractivity contribution in [1.82, 2.24) is 10.7 Å². The van der Waals surface area contributed by atoms with E-state index in [2.05, 4.69) is 22.8 Å². The second-order valence-electron chi connectivity index (χ2n) is 4.26. The molecule has 0 aliphatic carbocycles. The first-order chi connectivity index (χ1) is 10.1. The Labute approximate surface area is 135 Å². The molecule has 7 heteroatoms. The summed E-state index contributed by atoms with van der Waals surface area (Å²) in [6.45, 7) is 5.20. The zero-order chi connectivity index (χ0) is 15.7. The standard InChI is InChI=1S/C14H20ClN3O2S/c1-3-5-6-16-14(21)18-17-9-10-7-11(15)13(19)12(8-10)20-4-2/h7-9,19H,3-6H2,1-2H3,(H2,16,18,21)/b17-9+. The third-order valence-electron chi connectivity index (χ3n) is 2.55. The molecule has 0 bridgehead atoms. The van der Waals surface area contributed by atoms with Gasteiger partial charge in [-0.1, -0.05) is 24.9 Å². The summed E-state index contributed by atoms with van der Waals surface area (Å²) in [7, 11) is 0. The van der Waals surface area contributed by atoms with E-state index >= 15 is 0 Å². The van der Waals surface area contributed by atoms with Gasteiger partial charge in [-0.3, -0.25) is 5.43 Å². The Hall–Kier alpha value is -1.53. The first-order valence-electron chi connectivity index (χ1n) is 6.80. The maximum atomic E-state index is 9.74. The molecule has 0 spiro atoms. The smallest absolute Gasteiger partial charge is 0.186 e. The van der Waals surface area contributed by atoms with Crippen LogP contribution >= 0.6 is 23.8 Å². The van der Waals surface area contributed by atoms with Crippen LogP contribution in [0.25, 0.3) is 0 Å². The summed E-state index contributed by atoms with van der Waals surface area (Å²) in [5.41, 5.74) is 3.42. The third kappa shape index (κ3) is 6.18. The van der Waals surface area contributed by atoms with Crippen molar-refractivity contribution in [2.24, 2.45) is 5.10 Å². The highest BCUT2D eigenvalue weighted by Crippen LogP contribution is 2.34. The number of halogens is 1. The fourth-order valence-corrected chi connectivity index (χ4v) is 1.89. The molecule has 0 saturated carbocycles. The molecule has 5 nitrogen and oxygen atoms in total. The van der Waals surface area contributed by atoms with E-state index < -0.39 is 0 Å². The lowest BCUT2D eigenvalue weighted by atomic mass is 10.2. The van der Waals surface area contributed by atoms with Gasteiger partial charge in [0.2, 0.25) is 0 Å². The number of hydrogen-bond donors (Lipinski definition) is 3. The third-order valence-corrected chi connectivity index (χ3v) is 3.07. The summed E-state index contributed by atoms with van der Waals surface area (Å²) in [6, 6.07) is 3.25. The number of nitrogens with one attached hydrogen (secondary N) is 2. The number of phenolic OH excluding ortho intramolecular Hbond substituents is 1. The van der Waals surface area contributed by atoms with Crippen LogP contribution in [-0.4, -0.2) is 29.6 Å². The average Bonchev–Trinajstić information content (AvgIpc) is 2.45. The van der Waals surface area contributed by atoms with Gasteiger partial charge in [-0.2, -0.15) is 5.10 Å². The number of rotatable bonds is 7. The Morgan fingerprint density at radius 1 is 1.48 bits per heavy atom. The monoisotopic (exact) mass is 329 g/mol. The van der Waals surface area contributed by atoms with E-state index in [1.807, 2.05) is 6.92 Å². The van der Waals surface area contributed by atoms with E-state index in [-0.39, 0.29) is 10.8 Å². The maximum absolute atomic E-state index is 9.74. The van der Waals surface area contributed by atoms with Gasteiger partial charge in [-0.05, 0) is 43.3 Å². The minimum absolute atomic E-state index is 0.0691. The molecule has 0 saturated heterocycles. The number of hydrogen-bond acceptors (Lipinski definition) is 4. The number of ether oxygens (including phenoxy) is 1. The van der Waals surface area contributed by atoms with Crippen LogP contribution in [0.5, 0.6) is 11.5 Å². The molecule has 0 aliphatic rings. The number of aromatic hydroxyl groups is 1. The predicted molar refractivity (Wildman–Crippen MR) is 90.5 cm³/mol. The first kappa shape index (κ1) is 17.5. The molecule has 0 radical (unpaired) electrons. The van der Waals surface area contributed by atoms with Crippen molar-refractivity contribution >= 4 is 35.1 Å². The lowest BCUT2D eigenvalue weighted by Crippen LogP contribution is -2.32. The van der Waals surface area contributed by atoms with Gasteiger partial charge >= 0.3 is 0 Å². The summed E-state index contributed by atoms with van der Waals surface area (Å²) in [4.78, 5) is 0. The van der Waals surface area contributed by atoms with Crippen molar-refractivity contribution in [2.75, 3.05) is 13.2 Å². The number of nitrogens with zero attached hydrogens (tertiary/aromatic N) is 1. The molecule has 0 heterocycles. The normalized spacial score (nSPS) is 10.6. The van der Waals surface area contributed by atoms with E-state index in [1.54, 1.807) is 18.3 Å². The minimum Gasteiger partial charge on any atom is -0.503 e. The molecule has 0 aliphatic heterocycles. The highest BCUT2D eigenvalue weighted by atomic mass is 35.5. The number of unbranched alkanes of at least 4 members (excludes halogenated alkanes) is 1. The Bertz CT molecular complexity index is 509. The Balaban J connectivity index is 2.61. The fourth-order valence-electron chi connectivity index (χ4n) is 1.52. The van der Waals surface area contributed by atoms with Crippen molar-refractivity contribution < 1.29 is 9.84 Å².